The van der Waals surface area contributed by atoms with Crippen molar-refractivity contribution in [1.82, 2.24) is 14.5 Å². The third kappa shape index (κ3) is 4.01. The van der Waals surface area contributed by atoms with E-state index in [0.29, 0.717) is 29.1 Å². The van der Waals surface area contributed by atoms with Crippen molar-refractivity contribution in [1.29, 1.82) is 0 Å². The Morgan fingerprint density at radius 1 is 1.07 bits per heavy atom. The minimum Gasteiger partial charge on any atom is -0.487 e. The Bertz CT molecular complexity index is 1200. The van der Waals surface area contributed by atoms with E-state index in [2.05, 4.69) is 9.97 Å². The Hall–Kier alpha value is -3.71. The molecule has 2 aromatic carbocycles. The first kappa shape index (κ1) is 19.6. The van der Waals surface area contributed by atoms with E-state index in [1.165, 1.54) is 0 Å². The van der Waals surface area contributed by atoms with Gasteiger partial charge in [-0.25, -0.2) is 4.98 Å². The number of ether oxygens (including phenoxy) is 1. The molecule has 0 unspecified atom stereocenters. The molecular weight excluding hydrogens is 380 g/mol. The van der Waals surface area contributed by atoms with Crippen LogP contribution in [0, 0.1) is 6.92 Å². The van der Waals surface area contributed by atoms with Gasteiger partial charge in [-0.1, -0.05) is 36.4 Å². The first-order chi connectivity index (χ1) is 14.5. The van der Waals surface area contributed by atoms with Crippen LogP contribution in [0.25, 0.3) is 11.0 Å². The SMILES string of the molecule is Cc1ccc(OCc2ccccc2)c(Cn2c(C(N)=O)nc3ccc(CO)cc32)n1. The van der Waals surface area contributed by atoms with Gasteiger partial charge in [0.05, 0.1) is 24.2 Å². The lowest BCUT2D eigenvalue weighted by Crippen LogP contribution is -2.19. The summed E-state index contributed by atoms with van der Waals surface area (Å²) >= 11 is 0. The molecule has 4 rings (SSSR count). The van der Waals surface area contributed by atoms with Gasteiger partial charge in [0.25, 0.3) is 5.91 Å². The molecule has 0 aliphatic carbocycles. The lowest BCUT2D eigenvalue weighted by molar-refractivity contribution is 0.0987. The van der Waals surface area contributed by atoms with Gasteiger partial charge in [0.2, 0.25) is 0 Å². The Labute approximate surface area is 173 Å². The molecule has 0 saturated carbocycles. The van der Waals surface area contributed by atoms with Crippen LogP contribution in [0.1, 0.15) is 33.1 Å². The molecule has 4 aromatic rings. The Morgan fingerprint density at radius 3 is 2.60 bits per heavy atom. The maximum Gasteiger partial charge on any atom is 0.284 e. The van der Waals surface area contributed by atoms with Crippen molar-refractivity contribution in [2.75, 3.05) is 0 Å². The van der Waals surface area contributed by atoms with Crippen LogP contribution in [0.4, 0.5) is 0 Å². The standard InChI is InChI=1S/C23H22N4O3/c1-15-7-10-21(30-14-16-5-3-2-4-6-16)19(25-15)12-27-20-11-17(13-28)8-9-18(20)26-23(27)22(24)29/h2-11,28H,12-14H2,1H3,(H2,24,29). The highest BCUT2D eigenvalue weighted by Gasteiger charge is 2.18. The van der Waals surface area contributed by atoms with Gasteiger partial charge < -0.3 is 20.1 Å². The normalized spacial score (nSPS) is 11.0. The summed E-state index contributed by atoms with van der Waals surface area (Å²) in [6.45, 7) is 2.45. The van der Waals surface area contributed by atoms with E-state index >= 15 is 0 Å². The number of aromatic nitrogens is 3. The topological polar surface area (TPSA) is 103 Å². The fourth-order valence-corrected chi connectivity index (χ4v) is 3.34. The van der Waals surface area contributed by atoms with E-state index in [1.807, 2.05) is 49.4 Å². The summed E-state index contributed by atoms with van der Waals surface area (Å²) in [5.74, 6) is 0.133. The van der Waals surface area contributed by atoms with Crippen LogP contribution in [-0.4, -0.2) is 25.5 Å². The summed E-state index contributed by atoms with van der Waals surface area (Å²) < 4.78 is 7.75. The van der Waals surface area contributed by atoms with Gasteiger partial charge in [0.15, 0.2) is 5.82 Å². The van der Waals surface area contributed by atoms with Gasteiger partial charge in [0.1, 0.15) is 18.1 Å². The molecule has 2 aromatic heterocycles. The number of aryl methyl sites for hydroxylation is 1. The molecule has 0 atom stereocenters. The Kier molecular flexibility index (Phi) is 5.45. The lowest BCUT2D eigenvalue weighted by atomic mass is 10.2. The Morgan fingerprint density at radius 2 is 1.87 bits per heavy atom. The molecule has 3 N–H and O–H groups in total. The van der Waals surface area contributed by atoms with Gasteiger partial charge in [-0.2, -0.15) is 0 Å². The van der Waals surface area contributed by atoms with Gasteiger partial charge in [-0.15, -0.1) is 0 Å². The number of pyridine rings is 1. The number of nitrogens with two attached hydrogens (primary N) is 1. The predicted molar refractivity (Wildman–Crippen MR) is 113 cm³/mol. The highest BCUT2D eigenvalue weighted by atomic mass is 16.5. The van der Waals surface area contributed by atoms with Crippen molar-refractivity contribution in [2.45, 2.75) is 26.7 Å². The highest BCUT2D eigenvalue weighted by molar-refractivity contribution is 5.93. The molecule has 30 heavy (non-hydrogen) atoms. The number of fused-ring (bicyclic) bond motifs is 1. The van der Waals surface area contributed by atoms with Crippen LogP contribution in [0.5, 0.6) is 5.75 Å². The molecule has 0 bridgehead atoms. The quantitative estimate of drug-likeness (QED) is 0.495. The largest absolute Gasteiger partial charge is 0.487 e. The molecule has 0 aliphatic rings. The number of carbonyl (C=O) groups is 1. The van der Waals surface area contributed by atoms with Gasteiger partial charge in [-0.3, -0.25) is 9.78 Å². The lowest BCUT2D eigenvalue weighted by Gasteiger charge is -2.14. The van der Waals surface area contributed by atoms with Crippen molar-refractivity contribution >= 4 is 16.9 Å². The van der Waals surface area contributed by atoms with Crippen LogP contribution in [0.2, 0.25) is 0 Å². The smallest absolute Gasteiger partial charge is 0.284 e. The number of carbonyl (C=O) groups excluding carboxylic acids is 1. The minimum absolute atomic E-state index is 0.110. The molecule has 0 fully saturated rings. The van der Waals surface area contributed by atoms with E-state index in [1.54, 1.807) is 22.8 Å². The van der Waals surface area contributed by atoms with Gasteiger partial charge >= 0.3 is 0 Å². The maximum atomic E-state index is 12.0. The second-order valence-corrected chi connectivity index (χ2v) is 7.04. The van der Waals surface area contributed by atoms with Crippen LogP contribution in [0.15, 0.2) is 60.7 Å². The zero-order valence-electron chi connectivity index (χ0n) is 16.6. The van der Waals surface area contributed by atoms with Crippen LogP contribution >= 0.6 is 0 Å². The number of aliphatic hydroxyl groups excluding tert-OH is 1. The number of benzene rings is 2. The number of imidazole rings is 1. The molecule has 0 spiro atoms. The van der Waals surface area contributed by atoms with Crippen molar-refractivity contribution in [3.63, 3.8) is 0 Å². The highest BCUT2D eigenvalue weighted by Crippen LogP contribution is 2.24. The van der Waals surface area contributed by atoms with E-state index < -0.39 is 5.91 Å². The van der Waals surface area contributed by atoms with Gasteiger partial charge in [0, 0.05) is 5.69 Å². The molecule has 0 radical (unpaired) electrons. The average Bonchev–Trinajstić information content (AvgIpc) is 3.12. The number of nitrogens with zero attached hydrogens (tertiary/aromatic N) is 3. The van der Waals surface area contributed by atoms with Gasteiger partial charge in [-0.05, 0) is 42.3 Å². The van der Waals surface area contributed by atoms with Crippen molar-refractivity contribution < 1.29 is 14.6 Å². The summed E-state index contributed by atoms with van der Waals surface area (Å²) in [5.41, 5.74) is 10.2. The summed E-state index contributed by atoms with van der Waals surface area (Å²) in [7, 11) is 0. The monoisotopic (exact) mass is 402 g/mol. The van der Waals surface area contributed by atoms with Crippen molar-refractivity contribution in [3.8, 4) is 5.75 Å². The Balaban J connectivity index is 1.73. The number of hydrogen-bond acceptors (Lipinski definition) is 5. The summed E-state index contributed by atoms with van der Waals surface area (Å²) in [6.07, 6.45) is 0. The average molecular weight is 402 g/mol. The molecular formula is C23H22N4O3. The number of primary amides is 1. The summed E-state index contributed by atoms with van der Waals surface area (Å²) in [4.78, 5) is 21.0. The number of rotatable bonds is 7. The minimum atomic E-state index is -0.629. The zero-order valence-corrected chi connectivity index (χ0v) is 16.6. The van der Waals surface area contributed by atoms with E-state index in [-0.39, 0.29) is 19.0 Å². The molecule has 7 nitrogen and oxygen atoms in total. The summed E-state index contributed by atoms with van der Waals surface area (Å²) in [6, 6.07) is 19.0. The second kappa shape index (κ2) is 8.34. The third-order valence-corrected chi connectivity index (χ3v) is 4.83. The number of amides is 1. The van der Waals surface area contributed by atoms with Crippen molar-refractivity contribution in [2.24, 2.45) is 5.73 Å². The number of aliphatic hydroxyl groups is 1. The van der Waals surface area contributed by atoms with Crippen LogP contribution in [0.3, 0.4) is 0 Å². The molecule has 7 heteroatoms. The van der Waals surface area contributed by atoms with Crippen molar-refractivity contribution in [3.05, 3.63) is 89.0 Å². The van der Waals surface area contributed by atoms with E-state index in [0.717, 1.165) is 16.8 Å². The van der Waals surface area contributed by atoms with Crippen LogP contribution < -0.4 is 10.5 Å². The number of hydrogen-bond donors (Lipinski definition) is 2. The first-order valence-electron chi connectivity index (χ1n) is 9.58. The van der Waals surface area contributed by atoms with E-state index in [9.17, 15) is 9.90 Å². The van der Waals surface area contributed by atoms with E-state index in [4.69, 9.17) is 10.5 Å². The fraction of sp³-hybridized carbons (Fsp3) is 0.174. The molecule has 1 amide bonds. The summed E-state index contributed by atoms with van der Waals surface area (Å²) in [5, 5.41) is 9.50. The zero-order chi connectivity index (χ0) is 21.1. The predicted octanol–water partition coefficient (Wildman–Crippen LogP) is 2.96. The molecule has 0 saturated heterocycles. The fourth-order valence-electron chi connectivity index (χ4n) is 3.34. The third-order valence-electron chi connectivity index (χ3n) is 4.83. The maximum absolute atomic E-state index is 12.0. The molecule has 2 heterocycles. The first-order valence-corrected chi connectivity index (χ1v) is 9.58. The second-order valence-electron chi connectivity index (χ2n) is 7.04. The molecule has 0 aliphatic heterocycles. The van der Waals surface area contributed by atoms with Crippen LogP contribution in [-0.2, 0) is 19.8 Å². The molecule has 152 valence electrons.